The molecular weight excluding hydrogens is 245 g/mol. The van der Waals surface area contributed by atoms with Gasteiger partial charge in [-0.25, -0.2) is 4.39 Å². The highest BCUT2D eigenvalue weighted by Crippen LogP contribution is 2.24. The van der Waals surface area contributed by atoms with Gasteiger partial charge in [0.15, 0.2) is 0 Å². The highest BCUT2D eigenvalue weighted by molar-refractivity contribution is 5.42. The van der Waals surface area contributed by atoms with Crippen LogP contribution in [-0.4, -0.2) is 16.9 Å². The number of nitrogens with one attached hydrogen (secondary N) is 1. The number of aryl methyl sites for hydroxylation is 1. The van der Waals surface area contributed by atoms with Crippen LogP contribution in [0.15, 0.2) is 30.6 Å². The number of hydrogen-bond acceptors (Lipinski definition) is 3. The fraction of sp³-hybridized carbons (Fsp3) is 0.357. The molecule has 1 N–H and O–H groups in total. The van der Waals surface area contributed by atoms with Crippen molar-refractivity contribution in [1.29, 1.82) is 0 Å². The Labute approximate surface area is 112 Å². The number of hydrogen-bond donors (Lipinski definition) is 1. The van der Waals surface area contributed by atoms with E-state index in [1.165, 1.54) is 13.2 Å². The molecule has 19 heavy (non-hydrogen) atoms. The van der Waals surface area contributed by atoms with Crippen molar-refractivity contribution in [3.05, 3.63) is 42.0 Å². The molecule has 0 saturated heterocycles. The minimum Gasteiger partial charge on any atom is -0.497 e. The standard InChI is InChI=1S/C14H18FN3O/c1-4-18-9-11(8-16-18)17-10(2)13-6-5-12(19-3)7-14(13)15/h5-10,17H,4H2,1-3H3. The lowest BCUT2D eigenvalue weighted by molar-refractivity contribution is 0.410. The molecule has 2 aromatic rings. The molecule has 102 valence electrons. The van der Waals surface area contributed by atoms with Crippen molar-refractivity contribution in [2.24, 2.45) is 0 Å². The molecule has 0 amide bonds. The van der Waals surface area contributed by atoms with E-state index in [1.54, 1.807) is 18.3 Å². The molecule has 0 aliphatic carbocycles. The molecule has 1 heterocycles. The zero-order valence-corrected chi connectivity index (χ0v) is 11.4. The molecule has 0 fully saturated rings. The van der Waals surface area contributed by atoms with Gasteiger partial charge in [-0.05, 0) is 19.9 Å². The lowest BCUT2D eigenvalue weighted by Crippen LogP contribution is -2.08. The minimum atomic E-state index is -0.276. The Hall–Kier alpha value is -2.04. The van der Waals surface area contributed by atoms with E-state index in [-0.39, 0.29) is 11.9 Å². The number of halogens is 1. The van der Waals surface area contributed by atoms with Gasteiger partial charge < -0.3 is 10.1 Å². The first-order valence-corrected chi connectivity index (χ1v) is 6.26. The molecule has 0 saturated carbocycles. The van der Waals surface area contributed by atoms with Gasteiger partial charge in [-0.3, -0.25) is 4.68 Å². The Morgan fingerprint density at radius 2 is 2.26 bits per heavy atom. The first-order valence-electron chi connectivity index (χ1n) is 6.26. The summed E-state index contributed by atoms with van der Waals surface area (Å²) in [6, 6.07) is 4.74. The third-order valence-corrected chi connectivity index (χ3v) is 3.01. The Balaban J connectivity index is 2.13. The Morgan fingerprint density at radius 1 is 1.47 bits per heavy atom. The second kappa shape index (κ2) is 5.73. The number of nitrogens with zero attached hydrogens (tertiary/aromatic N) is 2. The fourth-order valence-corrected chi connectivity index (χ4v) is 1.92. The molecule has 0 spiro atoms. The first-order chi connectivity index (χ1) is 9.13. The van der Waals surface area contributed by atoms with Crippen molar-refractivity contribution in [2.45, 2.75) is 26.4 Å². The van der Waals surface area contributed by atoms with E-state index < -0.39 is 0 Å². The van der Waals surface area contributed by atoms with Gasteiger partial charge in [0, 0.05) is 24.4 Å². The molecule has 0 aliphatic heterocycles. The zero-order chi connectivity index (χ0) is 13.8. The summed E-state index contributed by atoms with van der Waals surface area (Å²) < 4.78 is 20.7. The number of anilines is 1. The predicted octanol–water partition coefficient (Wildman–Crippen LogP) is 3.22. The van der Waals surface area contributed by atoms with Crippen molar-refractivity contribution in [3.8, 4) is 5.75 Å². The van der Waals surface area contributed by atoms with Crippen LogP contribution in [0, 0.1) is 5.82 Å². The quantitative estimate of drug-likeness (QED) is 0.900. The number of methoxy groups -OCH3 is 1. The molecule has 0 aliphatic rings. The summed E-state index contributed by atoms with van der Waals surface area (Å²) in [6.07, 6.45) is 3.64. The normalized spacial score (nSPS) is 12.2. The Bertz CT molecular complexity index is 553. The Morgan fingerprint density at radius 3 is 2.84 bits per heavy atom. The highest BCUT2D eigenvalue weighted by Gasteiger charge is 2.12. The van der Waals surface area contributed by atoms with Gasteiger partial charge in [-0.2, -0.15) is 5.10 Å². The average molecular weight is 263 g/mol. The van der Waals surface area contributed by atoms with E-state index in [1.807, 2.05) is 24.7 Å². The molecule has 5 heteroatoms. The van der Waals surface area contributed by atoms with E-state index >= 15 is 0 Å². The van der Waals surface area contributed by atoms with Crippen molar-refractivity contribution in [1.82, 2.24) is 9.78 Å². The van der Waals surface area contributed by atoms with E-state index in [0.717, 1.165) is 12.2 Å². The summed E-state index contributed by atoms with van der Waals surface area (Å²) in [5.41, 5.74) is 1.48. The molecule has 0 radical (unpaired) electrons. The molecular formula is C14H18FN3O. The van der Waals surface area contributed by atoms with E-state index in [0.29, 0.717) is 11.3 Å². The summed E-state index contributed by atoms with van der Waals surface area (Å²) >= 11 is 0. The average Bonchev–Trinajstić information content (AvgIpc) is 2.86. The molecule has 1 aromatic carbocycles. The fourth-order valence-electron chi connectivity index (χ4n) is 1.92. The van der Waals surface area contributed by atoms with Crippen LogP contribution in [0.2, 0.25) is 0 Å². The monoisotopic (exact) mass is 263 g/mol. The maximum absolute atomic E-state index is 13.9. The number of ether oxygens (including phenoxy) is 1. The second-order valence-corrected chi connectivity index (χ2v) is 4.34. The molecule has 4 nitrogen and oxygen atoms in total. The maximum Gasteiger partial charge on any atom is 0.132 e. The molecule has 0 bridgehead atoms. The second-order valence-electron chi connectivity index (χ2n) is 4.34. The van der Waals surface area contributed by atoms with E-state index in [2.05, 4.69) is 10.4 Å². The first kappa shape index (κ1) is 13.4. The van der Waals surface area contributed by atoms with Crippen LogP contribution in [-0.2, 0) is 6.54 Å². The summed E-state index contributed by atoms with van der Waals surface area (Å²) in [7, 11) is 1.52. The van der Waals surface area contributed by atoms with Crippen LogP contribution in [0.5, 0.6) is 5.75 Å². The van der Waals surface area contributed by atoms with Crippen LogP contribution < -0.4 is 10.1 Å². The van der Waals surface area contributed by atoms with Gasteiger partial charge in [0.05, 0.1) is 25.0 Å². The van der Waals surface area contributed by atoms with Crippen LogP contribution in [0.1, 0.15) is 25.5 Å². The largest absolute Gasteiger partial charge is 0.497 e. The summed E-state index contributed by atoms with van der Waals surface area (Å²) in [6.45, 7) is 4.74. The van der Waals surface area contributed by atoms with E-state index in [9.17, 15) is 4.39 Å². The highest BCUT2D eigenvalue weighted by atomic mass is 19.1. The van der Waals surface area contributed by atoms with Gasteiger partial charge >= 0.3 is 0 Å². The number of benzene rings is 1. The van der Waals surface area contributed by atoms with Crippen molar-refractivity contribution < 1.29 is 9.13 Å². The topological polar surface area (TPSA) is 39.1 Å². The Kier molecular flexibility index (Phi) is 4.04. The van der Waals surface area contributed by atoms with E-state index in [4.69, 9.17) is 4.74 Å². The molecule has 1 atom stereocenters. The molecule has 1 unspecified atom stereocenters. The third-order valence-electron chi connectivity index (χ3n) is 3.01. The van der Waals surface area contributed by atoms with Gasteiger partial charge in [0.25, 0.3) is 0 Å². The van der Waals surface area contributed by atoms with Gasteiger partial charge in [-0.15, -0.1) is 0 Å². The predicted molar refractivity (Wildman–Crippen MR) is 72.9 cm³/mol. The van der Waals surface area contributed by atoms with Crippen molar-refractivity contribution >= 4 is 5.69 Å². The summed E-state index contributed by atoms with van der Waals surface area (Å²) in [5, 5.41) is 7.40. The zero-order valence-electron chi connectivity index (χ0n) is 11.4. The molecule has 1 aromatic heterocycles. The maximum atomic E-state index is 13.9. The third kappa shape index (κ3) is 3.05. The summed E-state index contributed by atoms with van der Waals surface area (Å²) in [5.74, 6) is 0.245. The van der Waals surface area contributed by atoms with Crippen molar-refractivity contribution in [3.63, 3.8) is 0 Å². The van der Waals surface area contributed by atoms with Crippen LogP contribution in [0.4, 0.5) is 10.1 Å². The number of aromatic nitrogens is 2. The smallest absolute Gasteiger partial charge is 0.132 e. The summed E-state index contributed by atoms with van der Waals surface area (Å²) in [4.78, 5) is 0. The van der Waals surface area contributed by atoms with Crippen LogP contribution >= 0.6 is 0 Å². The lowest BCUT2D eigenvalue weighted by Gasteiger charge is -2.15. The van der Waals surface area contributed by atoms with Gasteiger partial charge in [0.2, 0.25) is 0 Å². The van der Waals surface area contributed by atoms with Gasteiger partial charge in [-0.1, -0.05) is 6.07 Å². The van der Waals surface area contributed by atoms with Crippen LogP contribution in [0.25, 0.3) is 0 Å². The van der Waals surface area contributed by atoms with Crippen LogP contribution in [0.3, 0.4) is 0 Å². The van der Waals surface area contributed by atoms with Gasteiger partial charge in [0.1, 0.15) is 11.6 Å². The SMILES string of the molecule is CCn1cc(NC(C)c2ccc(OC)cc2F)cn1. The minimum absolute atomic E-state index is 0.139. The molecule has 2 rings (SSSR count). The van der Waals surface area contributed by atoms with Crippen molar-refractivity contribution in [2.75, 3.05) is 12.4 Å². The number of rotatable bonds is 5. The lowest BCUT2D eigenvalue weighted by atomic mass is 10.1.